The smallest absolute Gasteiger partial charge is 0.233 e. The van der Waals surface area contributed by atoms with Gasteiger partial charge >= 0.3 is 0 Å². The summed E-state index contributed by atoms with van der Waals surface area (Å²) >= 11 is 5.61. The van der Waals surface area contributed by atoms with Crippen LogP contribution in [0.3, 0.4) is 0 Å². The molecule has 0 fully saturated rings. The Morgan fingerprint density at radius 2 is 1.94 bits per heavy atom. The molecule has 96 valence electrons. The van der Waals surface area contributed by atoms with Crippen LogP contribution in [-0.2, 0) is 10.0 Å². The fourth-order valence-electron chi connectivity index (χ4n) is 1.45. The van der Waals surface area contributed by atoms with Crippen LogP contribution in [-0.4, -0.2) is 20.1 Å². The molecule has 0 saturated heterocycles. The summed E-state index contributed by atoms with van der Waals surface area (Å²) in [4.78, 5) is 0. The van der Waals surface area contributed by atoms with E-state index in [1.165, 1.54) is 0 Å². The Morgan fingerprint density at radius 3 is 2.47 bits per heavy atom. The van der Waals surface area contributed by atoms with Gasteiger partial charge in [0.1, 0.15) is 0 Å². The third-order valence-electron chi connectivity index (χ3n) is 2.55. The number of hydrogen-bond donors (Lipinski definition) is 1. The van der Waals surface area contributed by atoms with Crippen molar-refractivity contribution in [1.29, 1.82) is 0 Å². The van der Waals surface area contributed by atoms with Gasteiger partial charge in [-0.1, -0.05) is 13.0 Å². The van der Waals surface area contributed by atoms with Crippen molar-refractivity contribution in [3.63, 3.8) is 0 Å². The maximum absolute atomic E-state index is 11.8. The standard InChI is InChI=1S/C12H18ClNO2S/c1-9(7-13)8-17(15,16)14-12-5-4-10(2)11(3)6-12/h4-6,9,14H,7-8H2,1-3H3. The van der Waals surface area contributed by atoms with Crippen molar-refractivity contribution in [2.24, 2.45) is 5.92 Å². The van der Waals surface area contributed by atoms with Gasteiger partial charge in [-0.05, 0) is 43.0 Å². The quantitative estimate of drug-likeness (QED) is 0.840. The van der Waals surface area contributed by atoms with Crippen LogP contribution in [0.1, 0.15) is 18.1 Å². The molecule has 1 rings (SSSR count). The summed E-state index contributed by atoms with van der Waals surface area (Å²) < 4.78 is 26.2. The van der Waals surface area contributed by atoms with E-state index in [2.05, 4.69) is 4.72 Å². The van der Waals surface area contributed by atoms with Crippen LogP contribution in [0, 0.1) is 19.8 Å². The third-order valence-corrected chi connectivity index (χ3v) is 4.63. The second-order valence-corrected chi connectivity index (χ2v) is 6.52. The minimum atomic E-state index is -3.31. The van der Waals surface area contributed by atoms with Crippen LogP contribution in [0.5, 0.6) is 0 Å². The first-order chi connectivity index (χ1) is 7.84. The summed E-state index contributed by atoms with van der Waals surface area (Å²) in [7, 11) is -3.31. The fourth-order valence-corrected chi connectivity index (χ4v) is 3.12. The molecular weight excluding hydrogens is 258 g/mol. The topological polar surface area (TPSA) is 46.2 Å². The van der Waals surface area contributed by atoms with Gasteiger partial charge < -0.3 is 0 Å². The number of benzene rings is 1. The molecule has 0 amide bonds. The highest BCUT2D eigenvalue weighted by atomic mass is 35.5. The van der Waals surface area contributed by atoms with Gasteiger partial charge in [-0.3, -0.25) is 4.72 Å². The average molecular weight is 276 g/mol. The number of sulfonamides is 1. The van der Waals surface area contributed by atoms with Gasteiger partial charge in [0.15, 0.2) is 0 Å². The first-order valence-corrected chi connectivity index (χ1v) is 7.66. The Labute approximate surface area is 108 Å². The van der Waals surface area contributed by atoms with Crippen LogP contribution in [0.15, 0.2) is 18.2 Å². The monoisotopic (exact) mass is 275 g/mol. The molecule has 1 unspecified atom stereocenters. The molecule has 1 atom stereocenters. The molecule has 1 aromatic carbocycles. The van der Waals surface area contributed by atoms with E-state index in [0.717, 1.165) is 11.1 Å². The molecule has 5 heteroatoms. The molecule has 3 nitrogen and oxygen atoms in total. The van der Waals surface area contributed by atoms with Crippen LogP contribution in [0.25, 0.3) is 0 Å². The Bertz CT molecular complexity index is 485. The first kappa shape index (κ1) is 14.3. The van der Waals surface area contributed by atoms with Crippen LogP contribution >= 0.6 is 11.6 Å². The summed E-state index contributed by atoms with van der Waals surface area (Å²) in [5.41, 5.74) is 2.81. The van der Waals surface area contributed by atoms with Crippen LogP contribution < -0.4 is 4.72 Å². The number of alkyl halides is 1. The number of anilines is 1. The maximum Gasteiger partial charge on any atom is 0.233 e. The van der Waals surface area contributed by atoms with E-state index in [0.29, 0.717) is 11.6 Å². The molecule has 0 aliphatic rings. The highest BCUT2D eigenvalue weighted by Crippen LogP contribution is 2.16. The molecule has 0 spiro atoms. The molecule has 0 radical (unpaired) electrons. The predicted molar refractivity (Wildman–Crippen MR) is 73.2 cm³/mol. The maximum atomic E-state index is 11.8. The number of aryl methyl sites for hydroxylation is 2. The zero-order valence-electron chi connectivity index (χ0n) is 10.3. The first-order valence-electron chi connectivity index (χ1n) is 5.48. The van der Waals surface area contributed by atoms with Crippen molar-refractivity contribution < 1.29 is 8.42 Å². The summed E-state index contributed by atoms with van der Waals surface area (Å²) in [5.74, 6) is 0.331. The lowest BCUT2D eigenvalue weighted by Gasteiger charge is -2.12. The molecule has 1 aromatic rings. The lowest BCUT2D eigenvalue weighted by Crippen LogP contribution is -2.22. The number of rotatable bonds is 5. The Hall–Kier alpha value is -0.740. The highest BCUT2D eigenvalue weighted by Gasteiger charge is 2.15. The molecule has 0 bridgehead atoms. The molecule has 0 aliphatic heterocycles. The Morgan fingerprint density at radius 1 is 1.29 bits per heavy atom. The van der Waals surface area contributed by atoms with E-state index in [9.17, 15) is 8.42 Å². The molecule has 0 saturated carbocycles. The van der Waals surface area contributed by atoms with Gasteiger partial charge in [-0.15, -0.1) is 11.6 Å². The van der Waals surface area contributed by atoms with Crippen molar-refractivity contribution in [3.8, 4) is 0 Å². The molecular formula is C12H18ClNO2S. The van der Waals surface area contributed by atoms with E-state index < -0.39 is 10.0 Å². The molecule has 0 aliphatic carbocycles. The molecule has 0 aromatic heterocycles. The zero-order chi connectivity index (χ0) is 13.1. The van der Waals surface area contributed by atoms with Gasteiger partial charge in [0.05, 0.1) is 5.75 Å². The van der Waals surface area contributed by atoms with Crippen molar-refractivity contribution in [2.75, 3.05) is 16.4 Å². The molecule has 1 N–H and O–H groups in total. The fraction of sp³-hybridized carbons (Fsp3) is 0.500. The normalized spacial score (nSPS) is 13.4. The van der Waals surface area contributed by atoms with Crippen molar-refractivity contribution in [2.45, 2.75) is 20.8 Å². The summed E-state index contributed by atoms with van der Waals surface area (Å²) in [6.07, 6.45) is 0. The minimum absolute atomic E-state index is 0.0451. The van der Waals surface area contributed by atoms with Gasteiger partial charge in [0, 0.05) is 11.6 Å². The van der Waals surface area contributed by atoms with Crippen molar-refractivity contribution >= 4 is 27.3 Å². The van der Waals surface area contributed by atoms with Crippen LogP contribution in [0.4, 0.5) is 5.69 Å². The largest absolute Gasteiger partial charge is 0.284 e. The van der Waals surface area contributed by atoms with Crippen LogP contribution in [0.2, 0.25) is 0 Å². The van der Waals surface area contributed by atoms with E-state index >= 15 is 0 Å². The molecule has 17 heavy (non-hydrogen) atoms. The second-order valence-electron chi connectivity index (χ2n) is 4.44. The van der Waals surface area contributed by atoms with E-state index in [4.69, 9.17) is 11.6 Å². The third kappa shape index (κ3) is 4.56. The van der Waals surface area contributed by atoms with Crippen molar-refractivity contribution in [3.05, 3.63) is 29.3 Å². The number of nitrogens with one attached hydrogen (secondary N) is 1. The van der Waals surface area contributed by atoms with E-state index in [1.54, 1.807) is 6.07 Å². The SMILES string of the molecule is Cc1ccc(NS(=O)(=O)CC(C)CCl)cc1C. The van der Waals surface area contributed by atoms with Gasteiger partial charge in [-0.25, -0.2) is 8.42 Å². The number of hydrogen-bond acceptors (Lipinski definition) is 2. The predicted octanol–water partition coefficient (Wildman–Crippen LogP) is 2.92. The lowest BCUT2D eigenvalue weighted by molar-refractivity contribution is 0.588. The summed E-state index contributed by atoms with van der Waals surface area (Å²) in [5, 5.41) is 0. The van der Waals surface area contributed by atoms with E-state index in [-0.39, 0.29) is 11.7 Å². The zero-order valence-corrected chi connectivity index (χ0v) is 11.9. The average Bonchev–Trinajstić information content (AvgIpc) is 2.22. The molecule has 0 heterocycles. The van der Waals surface area contributed by atoms with E-state index in [1.807, 2.05) is 32.9 Å². The van der Waals surface area contributed by atoms with Gasteiger partial charge in [-0.2, -0.15) is 0 Å². The Balaban J connectivity index is 2.80. The second kappa shape index (κ2) is 5.74. The van der Waals surface area contributed by atoms with Gasteiger partial charge in [0.25, 0.3) is 0 Å². The number of halogens is 1. The lowest BCUT2D eigenvalue weighted by atomic mass is 10.1. The Kier molecular flexibility index (Phi) is 4.83. The summed E-state index contributed by atoms with van der Waals surface area (Å²) in [6.45, 7) is 5.75. The van der Waals surface area contributed by atoms with Gasteiger partial charge in [0.2, 0.25) is 10.0 Å². The van der Waals surface area contributed by atoms with Crippen molar-refractivity contribution in [1.82, 2.24) is 0 Å². The highest BCUT2D eigenvalue weighted by molar-refractivity contribution is 7.92. The minimum Gasteiger partial charge on any atom is -0.284 e. The summed E-state index contributed by atoms with van der Waals surface area (Å²) in [6, 6.07) is 5.50.